The van der Waals surface area contributed by atoms with Crippen LogP contribution in [-0.4, -0.2) is 18.6 Å². The molecule has 162 valence electrons. The summed E-state index contributed by atoms with van der Waals surface area (Å²) in [6.45, 7) is 12.1. The lowest BCUT2D eigenvalue weighted by Gasteiger charge is -2.54. The summed E-state index contributed by atoms with van der Waals surface area (Å²) >= 11 is 0. The highest BCUT2D eigenvalue weighted by atomic mass is 15.5. The minimum absolute atomic E-state index is 0.000422. The molecule has 32 heavy (non-hydrogen) atoms. The van der Waals surface area contributed by atoms with Gasteiger partial charge in [-0.15, -0.1) is 0 Å². The molecule has 3 heterocycles. The first-order valence-electron chi connectivity index (χ1n) is 11.8. The fraction of sp³-hybridized carbons (Fsp3) is 0.333. The Balaban J connectivity index is 1.84. The molecule has 0 saturated carbocycles. The van der Waals surface area contributed by atoms with Crippen molar-refractivity contribution in [2.45, 2.75) is 46.2 Å². The molecule has 3 aromatic rings. The average molecular weight is 422 g/mol. The van der Waals surface area contributed by atoms with Crippen molar-refractivity contribution in [2.75, 3.05) is 19.0 Å². The molecule has 2 heteroatoms. The SMILES string of the molecule is Cc1cccc2c1C1N3C(=C(c4ccccc4)[N+]1(C)C)C(C)(C)C(C)(C)c1cccc-2c13. The molecular formula is C30H33N2+. The maximum atomic E-state index is 2.73. The Bertz CT molecular complexity index is 1310. The van der Waals surface area contributed by atoms with E-state index in [9.17, 15) is 0 Å². The number of rotatable bonds is 1. The van der Waals surface area contributed by atoms with E-state index in [1.165, 1.54) is 50.5 Å². The Kier molecular flexibility index (Phi) is 3.68. The van der Waals surface area contributed by atoms with E-state index < -0.39 is 0 Å². The number of hydrogen-bond donors (Lipinski definition) is 0. The number of para-hydroxylation sites is 1. The molecule has 0 aromatic heterocycles. The minimum atomic E-state index is -0.0335. The van der Waals surface area contributed by atoms with Gasteiger partial charge in [-0.05, 0) is 35.7 Å². The summed E-state index contributed by atoms with van der Waals surface area (Å²) in [5, 5.41) is 0. The molecule has 0 radical (unpaired) electrons. The van der Waals surface area contributed by atoms with Crippen LogP contribution in [-0.2, 0) is 5.41 Å². The Morgan fingerprint density at radius 3 is 2.12 bits per heavy atom. The van der Waals surface area contributed by atoms with Crippen LogP contribution < -0.4 is 4.90 Å². The molecule has 0 aliphatic carbocycles. The predicted octanol–water partition coefficient (Wildman–Crippen LogP) is 7.26. The summed E-state index contributed by atoms with van der Waals surface area (Å²) in [7, 11) is 4.82. The van der Waals surface area contributed by atoms with Gasteiger partial charge in [0.25, 0.3) is 0 Å². The minimum Gasteiger partial charge on any atom is -0.284 e. The molecule has 3 aliphatic rings. The van der Waals surface area contributed by atoms with E-state index >= 15 is 0 Å². The number of hydrogen-bond acceptors (Lipinski definition) is 1. The molecule has 0 saturated heterocycles. The number of benzene rings is 3. The number of quaternary nitrogens is 1. The van der Waals surface area contributed by atoms with Crippen molar-refractivity contribution < 1.29 is 4.48 Å². The largest absolute Gasteiger partial charge is 0.284 e. The molecule has 1 atom stereocenters. The van der Waals surface area contributed by atoms with Crippen molar-refractivity contribution >= 4 is 11.4 Å². The second-order valence-corrected chi connectivity index (χ2v) is 11.3. The molecule has 6 rings (SSSR count). The van der Waals surface area contributed by atoms with Crippen LogP contribution in [0.3, 0.4) is 0 Å². The topological polar surface area (TPSA) is 3.24 Å². The van der Waals surface area contributed by atoms with Crippen LogP contribution in [0, 0.1) is 12.3 Å². The summed E-state index contributed by atoms with van der Waals surface area (Å²) in [5.41, 5.74) is 12.8. The van der Waals surface area contributed by atoms with Crippen molar-refractivity contribution in [3.05, 3.63) is 94.7 Å². The monoisotopic (exact) mass is 421 g/mol. The quantitative estimate of drug-likeness (QED) is 0.374. The van der Waals surface area contributed by atoms with Crippen LogP contribution >= 0.6 is 0 Å². The predicted molar refractivity (Wildman–Crippen MR) is 134 cm³/mol. The third kappa shape index (κ3) is 2.10. The highest BCUT2D eigenvalue weighted by Crippen LogP contribution is 2.68. The van der Waals surface area contributed by atoms with Gasteiger partial charge in [0.1, 0.15) is 0 Å². The second-order valence-electron chi connectivity index (χ2n) is 11.3. The maximum Gasteiger partial charge on any atom is 0.200 e. The molecule has 0 amide bonds. The zero-order valence-corrected chi connectivity index (χ0v) is 20.3. The summed E-state index contributed by atoms with van der Waals surface area (Å²) in [4.78, 5) is 2.73. The highest BCUT2D eigenvalue weighted by molar-refractivity contribution is 5.93. The zero-order chi connectivity index (χ0) is 22.6. The Morgan fingerprint density at radius 2 is 1.41 bits per heavy atom. The van der Waals surface area contributed by atoms with Crippen LogP contribution in [0.2, 0.25) is 0 Å². The van der Waals surface area contributed by atoms with Crippen molar-refractivity contribution in [1.29, 1.82) is 0 Å². The first-order chi connectivity index (χ1) is 15.1. The van der Waals surface area contributed by atoms with Crippen molar-refractivity contribution in [3.63, 3.8) is 0 Å². The van der Waals surface area contributed by atoms with Gasteiger partial charge in [-0.1, -0.05) is 82.3 Å². The van der Waals surface area contributed by atoms with E-state index in [4.69, 9.17) is 0 Å². The molecular weight excluding hydrogens is 388 g/mol. The smallest absolute Gasteiger partial charge is 0.200 e. The molecule has 0 N–H and O–H groups in total. The van der Waals surface area contributed by atoms with Crippen molar-refractivity contribution in [1.82, 2.24) is 0 Å². The number of anilines is 1. The van der Waals surface area contributed by atoms with Gasteiger partial charge < -0.3 is 0 Å². The number of nitrogens with zero attached hydrogens (tertiary/aromatic N) is 2. The summed E-state index contributed by atoms with van der Waals surface area (Å²) in [6.07, 6.45) is 0.237. The number of fused-ring (bicyclic) bond motifs is 3. The van der Waals surface area contributed by atoms with Crippen LogP contribution in [0.25, 0.3) is 16.8 Å². The normalized spacial score (nSPS) is 23.1. The van der Waals surface area contributed by atoms with E-state index in [1.54, 1.807) is 0 Å². The molecule has 1 unspecified atom stereocenters. The van der Waals surface area contributed by atoms with Crippen LogP contribution in [0.1, 0.15) is 56.1 Å². The fourth-order valence-corrected chi connectivity index (χ4v) is 6.68. The van der Waals surface area contributed by atoms with Gasteiger partial charge in [-0.3, -0.25) is 9.38 Å². The first kappa shape index (κ1) is 19.8. The van der Waals surface area contributed by atoms with Crippen LogP contribution in [0.5, 0.6) is 0 Å². The lowest BCUT2D eigenvalue weighted by atomic mass is 9.58. The van der Waals surface area contributed by atoms with E-state index in [0.717, 1.165) is 4.48 Å². The van der Waals surface area contributed by atoms with Crippen LogP contribution in [0.15, 0.2) is 72.4 Å². The molecule has 3 aromatic carbocycles. The molecule has 2 nitrogen and oxygen atoms in total. The van der Waals surface area contributed by atoms with Gasteiger partial charge in [0, 0.05) is 27.5 Å². The first-order valence-corrected chi connectivity index (χ1v) is 11.8. The number of aryl methyl sites for hydroxylation is 1. The van der Waals surface area contributed by atoms with Crippen LogP contribution in [0.4, 0.5) is 5.69 Å². The maximum absolute atomic E-state index is 2.73. The molecule has 3 aliphatic heterocycles. The Hall–Kier alpha value is -2.84. The van der Waals surface area contributed by atoms with Crippen molar-refractivity contribution in [3.8, 4) is 11.1 Å². The summed E-state index contributed by atoms with van der Waals surface area (Å²) in [6, 6.07) is 24.9. The standard InChI is InChI=1S/C30H33N2/c1-19-13-11-16-21-22-17-12-18-23-25(22)31-27(30(4,5)29(23,2)3)26(20-14-9-8-10-15-20)32(6,7)28(31)24(19)21/h8-18,28H,1-7H3/q+1. The fourth-order valence-electron chi connectivity index (χ4n) is 6.68. The third-order valence-corrected chi connectivity index (χ3v) is 8.92. The van der Waals surface area contributed by atoms with E-state index in [1.807, 2.05) is 0 Å². The lowest BCUT2D eigenvalue weighted by molar-refractivity contribution is -0.845. The van der Waals surface area contributed by atoms with Crippen molar-refractivity contribution in [2.24, 2.45) is 5.41 Å². The molecule has 0 bridgehead atoms. The highest BCUT2D eigenvalue weighted by Gasteiger charge is 2.63. The average Bonchev–Trinajstić information content (AvgIpc) is 3.01. The second kappa shape index (κ2) is 5.94. The summed E-state index contributed by atoms with van der Waals surface area (Å²) in [5.74, 6) is 0. The van der Waals surface area contributed by atoms with Gasteiger partial charge >= 0.3 is 0 Å². The molecule has 0 spiro atoms. The lowest BCUT2D eigenvalue weighted by Crippen LogP contribution is -2.51. The van der Waals surface area contributed by atoms with Gasteiger partial charge in [0.15, 0.2) is 5.70 Å². The van der Waals surface area contributed by atoms with E-state index in [-0.39, 0.29) is 17.0 Å². The third-order valence-electron chi connectivity index (χ3n) is 8.92. The molecule has 0 fully saturated rings. The van der Waals surface area contributed by atoms with Gasteiger partial charge in [-0.2, -0.15) is 0 Å². The summed E-state index contributed by atoms with van der Waals surface area (Å²) < 4.78 is 0.824. The van der Waals surface area contributed by atoms with E-state index in [2.05, 4.69) is 120 Å². The Morgan fingerprint density at radius 1 is 0.750 bits per heavy atom. The number of allylic oxidation sites excluding steroid dienone is 1. The van der Waals surface area contributed by atoms with Gasteiger partial charge in [-0.25, -0.2) is 0 Å². The van der Waals surface area contributed by atoms with Gasteiger partial charge in [0.2, 0.25) is 6.17 Å². The zero-order valence-electron chi connectivity index (χ0n) is 20.3. The Labute approximate surface area is 192 Å². The van der Waals surface area contributed by atoms with E-state index in [0.29, 0.717) is 0 Å². The van der Waals surface area contributed by atoms with Gasteiger partial charge in [0.05, 0.1) is 25.5 Å².